The summed E-state index contributed by atoms with van der Waals surface area (Å²) < 4.78 is 0. The van der Waals surface area contributed by atoms with Gasteiger partial charge in [-0.15, -0.1) is 10.2 Å². The topological polar surface area (TPSA) is 86.3 Å². The van der Waals surface area contributed by atoms with Crippen LogP contribution < -0.4 is 15.9 Å². The number of nitrogens with one attached hydrogen (secondary N) is 2. The maximum absolute atomic E-state index is 12.1. The van der Waals surface area contributed by atoms with E-state index in [9.17, 15) is 4.79 Å². The molecule has 0 amide bonds. The van der Waals surface area contributed by atoms with E-state index >= 15 is 0 Å². The molecule has 7 heteroatoms. The van der Waals surface area contributed by atoms with E-state index in [4.69, 9.17) is 0 Å². The number of hydrogen-bond acceptors (Lipinski definition) is 6. The fourth-order valence-corrected chi connectivity index (χ4v) is 2.20. The molecule has 0 aliphatic heterocycles. The van der Waals surface area contributed by atoms with Crippen LogP contribution in [0.3, 0.4) is 0 Å². The van der Waals surface area contributed by atoms with Crippen LogP contribution in [0.5, 0.6) is 0 Å². The SMILES string of the molecule is CN(C)c1ccc(/C=N\Nc2nnc(-c3ccccc3)c(=O)[nH]2)cc1. The molecule has 1 aromatic heterocycles. The predicted octanol–water partition coefficient (Wildman–Crippen LogP) is 2.34. The summed E-state index contributed by atoms with van der Waals surface area (Å²) in [5.41, 5.74) is 5.38. The smallest absolute Gasteiger partial charge is 0.279 e. The van der Waals surface area contributed by atoms with Crippen LogP contribution in [0.25, 0.3) is 11.3 Å². The second-order valence-electron chi connectivity index (χ2n) is 5.57. The van der Waals surface area contributed by atoms with Crippen LogP contribution in [0, 0.1) is 0 Å². The highest BCUT2D eigenvalue weighted by Gasteiger charge is 2.06. The highest BCUT2D eigenvalue weighted by Crippen LogP contribution is 2.12. The van der Waals surface area contributed by atoms with E-state index in [1.165, 1.54) is 0 Å². The van der Waals surface area contributed by atoms with E-state index in [2.05, 4.69) is 25.7 Å². The first-order valence-corrected chi connectivity index (χ1v) is 7.72. The van der Waals surface area contributed by atoms with Gasteiger partial charge in [0.1, 0.15) is 0 Å². The van der Waals surface area contributed by atoms with Gasteiger partial charge < -0.3 is 4.90 Å². The van der Waals surface area contributed by atoms with Crippen molar-refractivity contribution in [1.82, 2.24) is 15.2 Å². The highest BCUT2D eigenvalue weighted by atomic mass is 16.1. The highest BCUT2D eigenvalue weighted by molar-refractivity contribution is 5.80. The maximum atomic E-state index is 12.1. The monoisotopic (exact) mass is 334 g/mol. The Balaban J connectivity index is 1.69. The van der Waals surface area contributed by atoms with Gasteiger partial charge in [0.15, 0.2) is 5.69 Å². The molecule has 2 aromatic carbocycles. The third-order valence-corrected chi connectivity index (χ3v) is 3.54. The summed E-state index contributed by atoms with van der Waals surface area (Å²) in [6.07, 6.45) is 1.64. The molecule has 0 fully saturated rings. The van der Waals surface area contributed by atoms with E-state index < -0.39 is 0 Å². The van der Waals surface area contributed by atoms with Crippen molar-refractivity contribution >= 4 is 17.9 Å². The third-order valence-electron chi connectivity index (χ3n) is 3.54. The molecule has 3 aromatic rings. The minimum Gasteiger partial charge on any atom is -0.378 e. The Hall–Kier alpha value is -3.48. The molecule has 0 aliphatic carbocycles. The lowest BCUT2D eigenvalue weighted by Crippen LogP contribution is -2.15. The zero-order valence-corrected chi connectivity index (χ0v) is 14.0. The molecule has 1 heterocycles. The Bertz CT molecular complexity index is 916. The third kappa shape index (κ3) is 4.08. The van der Waals surface area contributed by atoms with E-state index in [0.717, 1.165) is 11.3 Å². The summed E-state index contributed by atoms with van der Waals surface area (Å²) in [5, 5.41) is 12.0. The zero-order valence-electron chi connectivity index (χ0n) is 14.0. The van der Waals surface area contributed by atoms with Gasteiger partial charge in [-0.05, 0) is 17.7 Å². The van der Waals surface area contributed by atoms with Gasteiger partial charge in [-0.3, -0.25) is 9.78 Å². The van der Waals surface area contributed by atoms with Crippen LogP contribution in [0.2, 0.25) is 0 Å². The van der Waals surface area contributed by atoms with Crippen LogP contribution >= 0.6 is 0 Å². The number of aromatic amines is 1. The number of hydrazone groups is 1. The van der Waals surface area contributed by atoms with Gasteiger partial charge in [-0.1, -0.05) is 42.5 Å². The molecule has 0 saturated carbocycles. The number of rotatable bonds is 5. The van der Waals surface area contributed by atoms with E-state index in [-0.39, 0.29) is 17.2 Å². The quantitative estimate of drug-likeness (QED) is 0.552. The van der Waals surface area contributed by atoms with Gasteiger partial charge in [0.2, 0.25) is 5.95 Å². The van der Waals surface area contributed by atoms with Gasteiger partial charge in [-0.25, -0.2) is 5.43 Å². The largest absolute Gasteiger partial charge is 0.378 e. The zero-order chi connectivity index (χ0) is 17.6. The van der Waals surface area contributed by atoms with Gasteiger partial charge in [0.25, 0.3) is 5.56 Å². The molecule has 0 saturated heterocycles. The van der Waals surface area contributed by atoms with Crippen molar-refractivity contribution in [3.63, 3.8) is 0 Å². The normalized spacial score (nSPS) is 10.8. The van der Waals surface area contributed by atoms with Crippen molar-refractivity contribution in [1.29, 1.82) is 0 Å². The Morgan fingerprint density at radius 3 is 2.40 bits per heavy atom. The molecule has 0 spiro atoms. The summed E-state index contributed by atoms with van der Waals surface area (Å²) in [4.78, 5) is 16.8. The fraction of sp³-hybridized carbons (Fsp3) is 0.111. The van der Waals surface area contributed by atoms with E-state index in [0.29, 0.717) is 5.56 Å². The predicted molar refractivity (Wildman–Crippen MR) is 100 cm³/mol. The molecule has 3 rings (SSSR count). The lowest BCUT2D eigenvalue weighted by atomic mass is 10.2. The molecule has 25 heavy (non-hydrogen) atoms. The standard InChI is InChI=1S/C18H18N6O/c1-24(2)15-10-8-13(9-11-15)12-19-22-18-20-17(25)16(21-23-18)14-6-4-3-5-7-14/h3-12H,1-2H3,(H2,20,22,23,25)/b19-12-. The van der Waals surface area contributed by atoms with Crippen molar-refractivity contribution in [2.45, 2.75) is 0 Å². The lowest BCUT2D eigenvalue weighted by Gasteiger charge is -2.11. The average molecular weight is 334 g/mol. The first-order chi connectivity index (χ1) is 12.1. The number of benzene rings is 2. The Morgan fingerprint density at radius 1 is 1.04 bits per heavy atom. The number of H-pyrrole nitrogens is 1. The molecule has 0 unspecified atom stereocenters. The van der Waals surface area contributed by atoms with E-state index in [1.54, 1.807) is 6.21 Å². The second-order valence-corrected chi connectivity index (χ2v) is 5.57. The number of anilines is 2. The average Bonchev–Trinajstić information content (AvgIpc) is 2.63. The minimum absolute atomic E-state index is 0.186. The molecular formula is C18H18N6O. The number of hydrogen-bond donors (Lipinski definition) is 2. The van der Waals surface area contributed by atoms with Gasteiger partial charge in [0.05, 0.1) is 6.21 Å². The Kier molecular flexibility index (Phi) is 4.84. The summed E-state index contributed by atoms with van der Waals surface area (Å²) in [6.45, 7) is 0. The minimum atomic E-state index is -0.325. The molecule has 0 bridgehead atoms. The Morgan fingerprint density at radius 2 is 1.76 bits per heavy atom. The van der Waals surface area contributed by atoms with Crippen LogP contribution in [0.4, 0.5) is 11.6 Å². The van der Waals surface area contributed by atoms with Gasteiger partial charge in [0, 0.05) is 25.3 Å². The van der Waals surface area contributed by atoms with Crippen LogP contribution in [-0.4, -0.2) is 35.5 Å². The molecule has 0 radical (unpaired) electrons. The van der Waals surface area contributed by atoms with Crippen LogP contribution in [-0.2, 0) is 0 Å². The Labute approximate surface area is 145 Å². The summed E-state index contributed by atoms with van der Waals surface area (Å²) >= 11 is 0. The van der Waals surface area contributed by atoms with Crippen molar-refractivity contribution in [2.75, 3.05) is 24.4 Å². The van der Waals surface area contributed by atoms with Crippen molar-refractivity contribution in [3.8, 4) is 11.3 Å². The number of nitrogens with zero attached hydrogens (tertiary/aromatic N) is 4. The first kappa shape index (κ1) is 16.4. The lowest BCUT2D eigenvalue weighted by molar-refractivity contribution is 0.947. The van der Waals surface area contributed by atoms with Gasteiger partial charge in [-0.2, -0.15) is 5.10 Å². The summed E-state index contributed by atoms with van der Waals surface area (Å²) in [7, 11) is 3.97. The van der Waals surface area contributed by atoms with Crippen molar-refractivity contribution in [2.24, 2.45) is 5.10 Å². The summed E-state index contributed by atoms with van der Waals surface area (Å²) in [5.74, 6) is 0.186. The fourth-order valence-electron chi connectivity index (χ4n) is 2.20. The van der Waals surface area contributed by atoms with Crippen LogP contribution in [0.1, 0.15) is 5.56 Å². The van der Waals surface area contributed by atoms with Crippen molar-refractivity contribution < 1.29 is 0 Å². The van der Waals surface area contributed by atoms with Crippen LogP contribution in [0.15, 0.2) is 64.5 Å². The molecule has 7 nitrogen and oxygen atoms in total. The second kappa shape index (κ2) is 7.39. The van der Waals surface area contributed by atoms with Crippen molar-refractivity contribution in [3.05, 3.63) is 70.5 Å². The maximum Gasteiger partial charge on any atom is 0.279 e. The molecule has 0 aliphatic rings. The van der Waals surface area contributed by atoms with Gasteiger partial charge >= 0.3 is 0 Å². The van der Waals surface area contributed by atoms with E-state index in [1.807, 2.05) is 73.6 Å². The molecular weight excluding hydrogens is 316 g/mol. The number of aromatic nitrogens is 3. The molecule has 2 N–H and O–H groups in total. The molecule has 0 atom stereocenters. The first-order valence-electron chi connectivity index (χ1n) is 7.72. The summed E-state index contributed by atoms with van der Waals surface area (Å²) in [6, 6.07) is 17.1. The molecule has 126 valence electrons.